The van der Waals surface area contributed by atoms with Crippen molar-refractivity contribution in [2.75, 3.05) is 6.61 Å². The molecule has 0 bridgehead atoms. The first-order valence-electron chi connectivity index (χ1n) is 6.35. The molecule has 1 N–H and O–H groups in total. The van der Waals surface area contributed by atoms with Crippen molar-refractivity contribution in [3.8, 4) is 0 Å². The Labute approximate surface area is 112 Å². The van der Waals surface area contributed by atoms with Crippen LogP contribution in [0.4, 0.5) is 4.39 Å². The van der Waals surface area contributed by atoms with Crippen LogP contribution in [0.2, 0.25) is 5.02 Å². The lowest BCUT2D eigenvalue weighted by Gasteiger charge is -2.22. The lowest BCUT2D eigenvalue weighted by Crippen LogP contribution is -2.32. The minimum absolute atomic E-state index is 0.0964. The first-order chi connectivity index (χ1) is 8.61. The summed E-state index contributed by atoms with van der Waals surface area (Å²) in [4.78, 5) is 0. The van der Waals surface area contributed by atoms with Crippen LogP contribution in [0.1, 0.15) is 25.3 Å². The lowest BCUT2D eigenvalue weighted by molar-refractivity contribution is -0.0439. The zero-order chi connectivity index (χ0) is 13.1. The summed E-state index contributed by atoms with van der Waals surface area (Å²) in [5, 5.41) is 10.3. The predicted octanol–water partition coefficient (Wildman–Crippen LogP) is 3.20. The summed E-state index contributed by atoms with van der Waals surface area (Å²) in [5.74, 6) is 0.0364. The number of hydrogen-bond donors (Lipinski definition) is 1. The summed E-state index contributed by atoms with van der Waals surface area (Å²) >= 11 is 5.73. The molecule has 2 unspecified atom stereocenters. The highest BCUT2D eigenvalue weighted by atomic mass is 35.5. The number of aliphatic hydroxyl groups is 1. The molecule has 4 heteroatoms. The van der Waals surface area contributed by atoms with Crippen LogP contribution in [0.25, 0.3) is 0 Å². The van der Waals surface area contributed by atoms with Crippen LogP contribution in [0.15, 0.2) is 18.2 Å². The fraction of sp³-hybridized carbons (Fsp3) is 0.571. The Morgan fingerprint density at radius 1 is 1.50 bits per heavy atom. The van der Waals surface area contributed by atoms with E-state index in [1.165, 1.54) is 6.07 Å². The lowest BCUT2D eigenvalue weighted by atomic mass is 10.0. The molecule has 0 spiro atoms. The van der Waals surface area contributed by atoms with Crippen LogP contribution in [0, 0.1) is 11.7 Å². The molecule has 2 nitrogen and oxygen atoms in total. The van der Waals surface area contributed by atoms with Gasteiger partial charge < -0.3 is 9.84 Å². The monoisotopic (exact) mass is 272 g/mol. The molecule has 2 atom stereocenters. The Morgan fingerprint density at radius 2 is 2.22 bits per heavy atom. The molecule has 1 aromatic rings. The first kappa shape index (κ1) is 13.8. The SMILES string of the molecule is CCOC(C(O)Cc1ccc(F)c(Cl)c1)C1CC1. The number of aliphatic hydroxyl groups excluding tert-OH is 1. The second-order valence-corrected chi connectivity index (χ2v) is 5.18. The normalized spacial score (nSPS) is 18.7. The third-order valence-electron chi connectivity index (χ3n) is 3.25. The Balaban J connectivity index is 2.00. The number of ether oxygens (including phenoxy) is 1. The largest absolute Gasteiger partial charge is 0.390 e. The van der Waals surface area contributed by atoms with E-state index in [1.54, 1.807) is 12.1 Å². The highest BCUT2D eigenvalue weighted by Gasteiger charge is 2.36. The molecule has 0 heterocycles. The maximum atomic E-state index is 13.0. The van der Waals surface area contributed by atoms with Crippen LogP contribution in [0.3, 0.4) is 0 Å². The second kappa shape index (κ2) is 6.00. The van der Waals surface area contributed by atoms with Crippen molar-refractivity contribution in [3.63, 3.8) is 0 Å². The maximum Gasteiger partial charge on any atom is 0.141 e. The first-order valence-corrected chi connectivity index (χ1v) is 6.73. The van der Waals surface area contributed by atoms with Gasteiger partial charge >= 0.3 is 0 Å². The molecular weight excluding hydrogens is 255 g/mol. The minimum atomic E-state index is -0.557. The standard InChI is InChI=1S/C14H18ClFO2/c1-2-18-14(10-4-5-10)13(17)8-9-3-6-12(16)11(15)7-9/h3,6-7,10,13-14,17H,2,4-5,8H2,1H3. The van der Waals surface area contributed by atoms with Crippen molar-refractivity contribution < 1.29 is 14.2 Å². The fourth-order valence-corrected chi connectivity index (χ4v) is 2.41. The summed E-state index contributed by atoms with van der Waals surface area (Å²) in [6.07, 6.45) is 2.01. The van der Waals surface area contributed by atoms with Crippen LogP contribution in [-0.4, -0.2) is 23.9 Å². The third-order valence-corrected chi connectivity index (χ3v) is 3.54. The summed E-state index contributed by atoms with van der Waals surface area (Å²) in [5.41, 5.74) is 0.833. The van der Waals surface area contributed by atoms with E-state index in [1.807, 2.05) is 6.92 Å². The average Bonchev–Trinajstić information content (AvgIpc) is 3.15. The third kappa shape index (κ3) is 3.44. The molecular formula is C14H18ClFO2. The van der Waals surface area contributed by atoms with Crippen molar-refractivity contribution in [1.82, 2.24) is 0 Å². The van der Waals surface area contributed by atoms with Gasteiger partial charge in [0.15, 0.2) is 0 Å². The Morgan fingerprint density at radius 3 is 2.78 bits per heavy atom. The van der Waals surface area contributed by atoms with E-state index in [0.717, 1.165) is 18.4 Å². The minimum Gasteiger partial charge on any atom is -0.390 e. The molecule has 2 rings (SSSR count). The number of halogens is 2. The highest BCUT2D eigenvalue weighted by Crippen LogP contribution is 2.36. The smallest absolute Gasteiger partial charge is 0.141 e. The maximum absolute atomic E-state index is 13.0. The van der Waals surface area contributed by atoms with Crippen molar-refractivity contribution in [1.29, 1.82) is 0 Å². The molecule has 1 aliphatic carbocycles. The van der Waals surface area contributed by atoms with E-state index in [2.05, 4.69) is 0 Å². The zero-order valence-corrected chi connectivity index (χ0v) is 11.2. The molecule has 0 aromatic heterocycles. The molecule has 0 aliphatic heterocycles. The van der Waals surface area contributed by atoms with E-state index >= 15 is 0 Å². The topological polar surface area (TPSA) is 29.5 Å². The summed E-state index contributed by atoms with van der Waals surface area (Å²) in [7, 11) is 0. The Kier molecular flexibility index (Phi) is 4.60. The van der Waals surface area contributed by atoms with Crippen molar-refractivity contribution in [2.24, 2.45) is 5.92 Å². The van der Waals surface area contributed by atoms with Gasteiger partial charge in [-0.1, -0.05) is 17.7 Å². The van der Waals surface area contributed by atoms with Crippen LogP contribution in [-0.2, 0) is 11.2 Å². The average molecular weight is 273 g/mol. The highest BCUT2D eigenvalue weighted by molar-refractivity contribution is 6.30. The van der Waals surface area contributed by atoms with Gasteiger partial charge in [0.25, 0.3) is 0 Å². The summed E-state index contributed by atoms with van der Waals surface area (Å²) in [6.45, 7) is 2.53. The summed E-state index contributed by atoms with van der Waals surface area (Å²) in [6, 6.07) is 4.55. The van der Waals surface area contributed by atoms with Gasteiger partial charge in [0.1, 0.15) is 5.82 Å². The number of hydrogen-bond acceptors (Lipinski definition) is 2. The summed E-state index contributed by atoms with van der Waals surface area (Å²) < 4.78 is 18.6. The van der Waals surface area contributed by atoms with Gasteiger partial charge in [-0.25, -0.2) is 4.39 Å². The van der Waals surface area contributed by atoms with Gasteiger partial charge in [0.2, 0.25) is 0 Å². The molecule has 0 radical (unpaired) electrons. The molecule has 1 aromatic carbocycles. The Hall–Kier alpha value is -0.640. The predicted molar refractivity (Wildman–Crippen MR) is 69.3 cm³/mol. The number of rotatable bonds is 6. The van der Waals surface area contributed by atoms with Crippen molar-refractivity contribution in [2.45, 2.75) is 38.4 Å². The molecule has 18 heavy (non-hydrogen) atoms. The zero-order valence-electron chi connectivity index (χ0n) is 10.4. The Bertz CT molecular complexity index is 407. The van der Waals surface area contributed by atoms with Gasteiger partial charge in [-0.3, -0.25) is 0 Å². The van der Waals surface area contributed by atoms with Crippen LogP contribution >= 0.6 is 11.6 Å². The van der Waals surface area contributed by atoms with Crippen LogP contribution < -0.4 is 0 Å². The molecule has 1 fully saturated rings. The van der Waals surface area contributed by atoms with Gasteiger partial charge in [-0.05, 0) is 43.4 Å². The number of benzene rings is 1. The van der Waals surface area contributed by atoms with Crippen molar-refractivity contribution >= 4 is 11.6 Å². The van der Waals surface area contributed by atoms with Gasteiger partial charge in [0, 0.05) is 13.0 Å². The van der Waals surface area contributed by atoms with Gasteiger partial charge in [-0.2, -0.15) is 0 Å². The van der Waals surface area contributed by atoms with Crippen molar-refractivity contribution in [3.05, 3.63) is 34.6 Å². The van der Waals surface area contributed by atoms with Crippen LogP contribution in [0.5, 0.6) is 0 Å². The van der Waals surface area contributed by atoms with Gasteiger partial charge in [0.05, 0.1) is 17.2 Å². The van der Waals surface area contributed by atoms with E-state index in [9.17, 15) is 9.50 Å². The molecule has 0 saturated heterocycles. The van der Waals surface area contributed by atoms with Gasteiger partial charge in [-0.15, -0.1) is 0 Å². The van der Waals surface area contributed by atoms with E-state index in [4.69, 9.17) is 16.3 Å². The fourth-order valence-electron chi connectivity index (χ4n) is 2.20. The quantitative estimate of drug-likeness (QED) is 0.862. The molecule has 1 aliphatic rings. The molecule has 0 amide bonds. The van der Waals surface area contributed by atoms with E-state index < -0.39 is 11.9 Å². The molecule has 100 valence electrons. The van der Waals surface area contributed by atoms with E-state index in [0.29, 0.717) is 18.9 Å². The molecule has 1 saturated carbocycles. The van der Waals surface area contributed by atoms with E-state index in [-0.39, 0.29) is 11.1 Å². The second-order valence-electron chi connectivity index (χ2n) is 4.78.